The number of hydrogen-bond donors (Lipinski definition) is 2. The van der Waals surface area contributed by atoms with Crippen LogP contribution in [0.15, 0.2) is 29.2 Å². The van der Waals surface area contributed by atoms with E-state index in [0.717, 1.165) is 18.4 Å². The molecule has 3 rings (SSSR count). The maximum atomic E-state index is 12.5. The molecule has 1 aromatic carbocycles. The minimum atomic E-state index is -3.55. The Bertz CT molecular complexity index is 730. The van der Waals surface area contributed by atoms with Crippen molar-refractivity contribution in [2.75, 3.05) is 0 Å². The Morgan fingerprint density at radius 1 is 1.30 bits per heavy atom. The Morgan fingerprint density at radius 2 is 2.05 bits per heavy atom. The summed E-state index contributed by atoms with van der Waals surface area (Å²) in [5, 5.41) is 6.68. The molecule has 1 aliphatic carbocycles. The Hall–Kier alpha value is -1.66. The number of benzene rings is 1. The lowest BCUT2D eigenvalue weighted by Crippen LogP contribution is -2.28. The highest BCUT2D eigenvalue weighted by molar-refractivity contribution is 7.89. The van der Waals surface area contributed by atoms with Gasteiger partial charge in [-0.1, -0.05) is 24.3 Å². The molecule has 0 bridgehead atoms. The minimum absolute atomic E-state index is 0.148. The van der Waals surface area contributed by atoms with Crippen molar-refractivity contribution in [2.45, 2.75) is 37.6 Å². The Kier molecular flexibility index (Phi) is 3.14. The van der Waals surface area contributed by atoms with Crippen molar-refractivity contribution < 1.29 is 8.42 Å². The molecule has 0 aliphatic heterocycles. The highest BCUT2D eigenvalue weighted by atomic mass is 32.2. The number of aromatic nitrogens is 2. The number of fused-ring (bicyclic) bond motifs is 1. The van der Waals surface area contributed by atoms with E-state index in [1.807, 2.05) is 18.2 Å². The van der Waals surface area contributed by atoms with E-state index in [1.54, 1.807) is 13.8 Å². The first-order chi connectivity index (χ1) is 9.49. The van der Waals surface area contributed by atoms with Gasteiger partial charge in [0.25, 0.3) is 0 Å². The van der Waals surface area contributed by atoms with Crippen LogP contribution in [0.3, 0.4) is 0 Å². The number of aryl methyl sites for hydroxylation is 3. The van der Waals surface area contributed by atoms with Gasteiger partial charge in [0.05, 0.1) is 11.4 Å². The zero-order valence-electron chi connectivity index (χ0n) is 11.5. The fourth-order valence-electron chi connectivity index (χ4n) is 2.86. The van der Waals surface area contributed by atoms with Crippen LogP contribution >= 0.6 is 0 Å². The van der Waals surface area contributed by atoms with Gasteiger partial charge in [0.2, 0.25) is 10.0 Å². The second kappa shape index (κ2) is 4.71. The molecule has 0 saturated carbocycles. The molecule has 1 aliphatic rings. The third kappa shape index (κ3) is 2.14. The Balaban J connectivity index is 1.93. The molecule has 1 unspecified atom stereocenters. The highest BCUT2D eigenvalue weighted by Crippen LogP contribution is 2.32. The first-order valence-electron chi connectivity index (χ1n) is 6.61. The van der Waals surface area contributed by atoms with E-state index in [0.29, 0.717) is 11.4 Å². The van der Waals surface area contributed by atoms with Crippen LogP contribution in [0.25, 0.3) is 0 Å². The fourth-order valence-corrected chi connectivity index (χ4v) is 4.48. The molecule has 5 nitrogen and oxygen atoms in total. The van der Waals surface area contributed by atoms with E-state index >= 15 is 0 Å². The number of nitrogens with one attached hydrogen (secondary N) is 2. The average Bonchev–Trinajstić information content (AvgIpc) is 2.94. The molecule has 1 aromatic heterocycles. The molecule has 2 N–H and O–H groups in total. The van der Waals surface area contributed by atoms with Gasteiger partial charge in [0.15, 0.2) is 0 Å². The predicted molar refractivity (Wildman–Crippen MR) is 75.9 cm³/mol. The summed E-state index contributed by atoms with van der Waals surface area (Å²) in [6.45, 7) is 3.41. The van der Waals surface area contributed by atoms with Crippen molar-refractivity contribution >= 4 is 10.0 Å². The lowest BCUT2D eigenvalue weighted by molar-refractivity contribution is 0.553. The molecule has 1 heterocycles. The molecule has 0 radical (unpaired) electrons. The van der Waals surface area contributed by atoms with Crippen molar-refractivity contribution in [1.29, 1.82) is 0 Å². The van der Waals surface area contributed by atoms with Gasteiger partial charge in [-0.05, 0) is 37.8 Å². The number of aromatic amines is 1. The maximum absolute atomic E-state index is 12.5. The first-order valence-corrected chi connectivity index (χ1v) is 8.09. The van der Waals surface area contributed by atoms with Crippen LogP contribution in [0.2, 0.25) is 0 Å². The van der Waals surface area contributed by atoms with Crippen LogP contribution in [0.5, 0.6) is 0 Å². The van der Waals surface area contributed by atoms with Gasteiger partial charge < -0.3 is 0 Å². The molecule has 106 valence electrons. The van der Waals surface area contributed by atoms with E-state index in [9.17, 15) is 8.42 Å². The summed E-state index contributed by atoms with van der Waals surface area (Å²) in [5.41, 5.74) is 3.37. The largest absolute Gasteiger partial charge is 0.281 e. The van der Waals surface area contributed by atoms with E-state index in [1.165, 1.54) is 5.56 Å². The summed E-state index contributed by atoms with van der Waals surface area (Å²) >= 11 is 0. The summed E-state index contributed by atoms with van der Waals surface area (Å²) in [7, 11) is -3.55. The smallest absolute Gasteiger partial charge is 0.244 e. The predicted octanol–water partition coefficient (Wildman–Crippen LogP) is 1.99. The van der Waals surface area contributed by atoms with Gasteiger partial charge in [-0.15, -0.1) is 0 Å². The van der Waals surface area contributed by atoms with Gasteiger partial charge in [-0.3, -0.25) is 5.10 Å². The lowest BCUT2D eigenvalue weighted by Gasteiger charge is -2.14. The van der Waals surface area contributed by atoms with Crippen molar-refractivity contribution in [3.05, 3.63) is 46.8 Å². The molecular formula is C14H17N3O2S. The molecular weight excluding hydrogens is 274 g/mol. The lowest BCUT2D eigenvalue weighted by atomic mass is 10.1. The van der Waals surface area contributed by atoms with Crippen molar-refractivity contribution in [1.82, 2.24) is 14.9 Å². The second-order valence-electron chi connectivity index (χ2n) is 5.17. The topological polar surface area (TPSA) is 74.8 Å². The molecule has 0 amide bonds. The van der Waals surface area contributed by atoms with Gasteiger partial charge >= 0.3 is 0 Å². The Morgan fingerprint density at radius 3 is 2.75 bits per heavy atom. The van der Waals surface area contributed by atoms with Gasteiger partial charge in [-0.2, -0.15) is 5.10 Å². The van der Waals surface area contributed by atoms with Crippen LogP contribution in [-0.2, 0) is 16.4 Å². The third-order valence-electron chi connectivity index (χ3n) is 3.76. The number of rotatable bonds is 3. The SMILES string of the molecule is Cc1n[nH]c(C)c1S(=O)(=O)NC1CCc2ccccc21. The molecule has 1 atom stereocenters. The quantitative estimate of drug-likeness (QED) is 0.908. The number of hydrogen-bond acceptors (Lipinski definition) is 3. The fraction of sp³-hybridized carbons (Fsp3) is 0.357. The van der Waals surface area contributed by atoms with E-state index in [4.69, 9.17) is 0 Å². The van der Waals surface area contributed by atoms with Crippen LogP contribution < -0.4 is 4.72 Å². The zero-order valence-corrected chi connectivity index (χ0v) is 12.3. The first kappa shape index (κ1) is 13.3. The van der Waals surface area contributed by atoms with Crippen LogP contribution in [0.1, 0.15) is 35.0 Å². The number of sulfonamides is 1. The minimum Gasteiger partial charge on any atom is -0.281 e. The molecule has 6 heteroatoms. The van der Waals surface area contributed by atoms with E-state index in [-0.39, 0.29) is 10.9 Å². The molecule has 0 saturated heterocycles. The van der Waals surface area contributed by atoms with Crippen molar-refractivity contribution in [3.63, 3.8) is 0 Å². The normalized spacial score (nSPS) is 18.2. The summed E-state index contributed by atoms with van der Waals surface area (Å²) in [6.07, 6.45) is 1.71. The number of H-pyrrole nitrogens is 1. The van der Waals surface area contributed by atoms with Crippen LogP contribution in [-0.4, -0.2) is 18.6 Å². The highest BCUT2D eigenvalue weighted by Gasteiger charge is 2.29. The molecule has 0 spiro atoms. The maximum Gasteiger partial charge on any atom is 0.244 e. The van der Waals surface area contributed by atoms with Crippen LogP contribution in [0.4, 0.5) is 0 Å². The zero-order chi connectivity index (χ0) is 14.3. The summed E-state index contributed by atoms with van der Waals surface area (Å²) in [4.78, 5) is 0.266. The molecule has 2 aromatic rings. The van der Waals surface area contributed by atoms with Gasteiger partial charge in [0, 0.05) is 6.04 Å². The van der Waals surface area contributed by atoms with Gasteiger partial charge in [0.1, 0.15) is 4.90 Å². The molecule has 0 fully saturated rings. The van der Waals surface area contributed by atoms with Crippen molar-refractivity contribution in [3.8, 4) is 0 Å². The van der Waals surface area contributed by atoms with E-state index < -0.39 is 10.0 Å². The monoisotopic (exact) mass is 291 g/mol. The Labute approximate surface area is 118 Å². The third-order valence-corrected chi connectivity index (χ3v) is 5.49. The second-order valence-corrected chi connectivity index (χ2v) is 6.83. The van der Waals surface area contributed by atoms with E-state index in [2.05, 4.69) is 21.0 Å². The molecule has 20 heavy (non-hydrogen) atoms. The standard InChI is InChI=1S/C14H17N3O2S/c1-9-14(10(2)16-15-9)20(18,19)17-13-8-7-11-5-3-4-6-12(11)13/h3-6,13,17H,7-8H2,1-2H3,(H,15,16). The summed E-state index contributed by atoms with van der Waals surface area (Å²) in [5.74, 6) is 0. The summed E-state index contributed by atoms with van der Waals surface area (Å²) in [6, 6.07) is 7.83. The number of nitrogens with zero attached hydrogens (tertiary/aromatic N) is 1. The van der Waals surface area contributed by atoms with Crippen LogP contribution in [0, 0.1) is 13.8 Å². The summed E-state index contributed by atoms with van der Waals surface area (Å²) < 4.78 is 27.9. The van der Waals surface area contributed by atoms with Crippen molar-refractivity contribution in [2.24, 2.45) is 0 Å². The average molecular weight is 291 g/mol. The van der Waals surface area contributed by atoms with Gasteiger partial charge in [-0.25, -0.2) is 13.1 Å².